The number of piperazine rings is 1. The van der Waals surface area contributed by atoms with Crippen molar-refractivity contribution in [3.63, 3.8) is 0 Å². The first-order chi connectivity index (χ1) is 15.3. The van der Waals surface area contributed by atoms with Gasteiger partial charge in [0, 0.05) is 42.1 Å². The normalized spacial score (nSPS) is 15.0. The van der Waals surface area contributed by atoms with Crippen molar-refractivity contribution in [2.24, 2.45) is 0 Å². The maximum absolute atomic E-state index is 12.9. The molecule has 0 aliphatic carbocycles. The maximum atomic E-state index is 12.9. The van der Waals surface area contributed by atoms with Gasteiger partial charge in [-0.2, -0.15) is 9.40 Å². The molecule has 0 saturated carbocycles. The summed E-state index contributed by atoms with van der Waals surface area (Å²) in [6.45, 7) is 0.765. The van der Waals surface area contributed by atoms with Crippen LogP contribution in [-0.2, 0) is 14.8 Å². The number of aromatic nitrogens is 2. The second kappa shape index (κ2) is 9.02. The van der Waals surface area contributed by atoms with E-state index >= 15 is 0 Å². The lowest BCUT2D eigenvalue weighted by Crippen LogP contribution is -2.50. The molecule has 2 aromatic heterocycles. The van der Waals surface area contributed by atoms with E-state index in [1.54, 1.807) is 29.2 Å². The Balaban J connectivity index is 1.42. The summed E-state index contributed by atoms with van der Waals surface area (Å²) in [4.78, 5) is 26.0. The van der Waals surface area contributed by atoms with Crippen LogP contribution in [0.2, 0.25) is 5.02 Å². The van der Waals surface area contributed by atoms with Crippen molar-refractivity contribution in [1.29, 1.82) is 0 Å². The number of hydrogen-bond acceptors (Lipinski definition) is 7. The first-order valence-electron chi connectivity index (χ1n) is 9.57. The minimum absolute atomic E-state index is 0.0670. The molecule has 0 atom stereocenters. The second-order valence-electron chi connectivity index (χ2n) is 7.02. The van der Waals surface area contributed by atoms with E-state index in [1.807, 2.05) is 6.07 Å². The van der Waals surface area contributed by atoms with Gasteiger partial charge in [-0.3, -0.25) is 9.89 Å². The standard InChI is InChI=1S/C20H19ClN4O5S2/c1-30-20(27)14-10-18(31-12-14)32(28,29)25-7-5-24(6-8-25)19(26)17-11-16(22-23-17)13-3-2-4-15(21)9-13/h2-4,9-12H,5-8H2,1H3,(H,22,23). The fourth-order valence-corrected chi connectivity index (χ4v) is 6.25. The zero-order valence-corrected chi connectivity index (χ0v) is 19.3. The Morgan fingerprint density at radius 3 is 2.59 bits per heavy atom. The number of ether oxygens (including phenoxy) is 1. The third-order valence-corrected chi connectivity index (χ3v) is 8.59. The average molecular weight is 495 g/mol. The van der Waals surface area contributed by atoms with Crippen LogP contribution in [-0.4, -0.2) is 73.0 Å². The van der Waals surface area contributed by atoms with Crippen LogP contribution >= 0.6 is 22.9 Å². The Bertz CT molecular complexity index is 1260. The van der Waals surface area contributed by atoms with Gasteiger partial charge in [0.1, 0.15) is 9.90 Å². The highest BCUT2D eigenvalue weighted by molar-refractivity contribution is 7.91. The summed E-state index contributed by atoms with van der Waals surface area (Å²) in [5.74, 6) is -0.846. The lowest BCUT2D eigenvalue weighted by molar-refractivity contribution is 0.0600. The number of methoxy groups -OCH3 is 1. The smallest absolute Gasteiger partial charge is 0.338 e. The molecule has 3 heterocycles. The Morgan fingerprint density at radius 1 is 1.16 bits per heavy atom. The van der Waals surface area contributed by atoms with E-state index in [4.69, 9.17) is 11.6 Å². The highest BCUT2D eigenvalue weighted by Gasteiger charge is 2.32. The van der Waals surface area contributed by atoms with Gasteiger partial charge in [0.25, 0.3) is 15.9 Å². The first kappa shape index (κ1) is 22.5. The number of benzene rings is 1. The fraction of sp³-hybridized carbons (Fsp3) is 0.250. The number of sulfonamides is 1. The summed E-state index contributed by atoms with van der Waals surface area (Å²) in [5, 5.41) is 8.96. The van der Waals surface area contributed by atoms with E-state index in [2.05, 4.69) is 14.9 Å². The van der Waals surface area contributed by atoms with Crippen LogP contribution in [0.5, 0.6) is 0 Å². The van der Waals surface area contributed by atoms with E-state index in [-0.39, 0.29) is 41.9 Å². The van der Waals surface area contributed by atoms with Gasteiger partial charge in [0.15, 0.2) is 0 Å². The van der Waals surface area contributed by atoms with E-state index < -0.39 is 16.0 Å². The Labute approximate surface area is 193 Å². The number of nitrogens with one attached hydrogen (secondary N) is 1. The number of carbonyl (C=O) groups is 2. The molecule has 1 saturated heterocycles. The number of hydrogen-bond donors (Lipinski definition) is 1. The first-order valence-corrected chi connectivity index (χ1v) is 12.3. The lowest BCUT2D eigenvalue weighted by Gasteiger charge is -2.33. The van der Waals surface area contributed by atoms with Crippen molar-refractivity contribution in [2.45, 2.75) is 4.21 Å². The third-order valence-electron chi connectivity index (χ3n) is 5.05. The molecule has 1 N–H and O–H groups in total. The molecule has 1 aliphatic heterocycles. The molecule has 0 radical (unpaired) electrons. The van der Waals surface area contributed by atoms with Crippen molar-refractivity contribution < 1.29 is 22.7 Å². The number of esters is 1. The van der Waals surface area contributed by atoms with Crippen molar-refractivity contribution in [3.8, 4) is 11.3 Å². The Hall–Kier alpha value is -2.73. The van der Waals surface area contributed by atoms with Crippen LogP contribution in [0.3, 0.4) is 0 Å². The number of H-pyrrole nitrogens is 1. The van der Waals surface area contributed by atoms with Crippen molar-refractivity contribution in [3.05, 3.63) is 58.1 Å². The van der Waals surface area contributed by atoms with Crippen molar-refractivity contribution >= 4 is 44.8 Å². The summed E-state index contributed by atoms with van der Waals surface area (Å²) < 4.78 is 31.8. The minimum Gasteiger partial charge on any atom is -0.465 e. The summed E-state index contributed by atoms with van der Waals surface area (Å²) in [6, 6.07) is 10.1. The van der Waals surface area contributed by atoms with E-state index in [0.29, 0.717) is 16.4 Å². The number of rotatable bonds is 5. The highest BCUT2D eigenvalue weighted by Crippen LogP contribution is 2.26. The second-order valence-corrected chi connectivity index (χ2v) is 10.5. The molecule has 0 unspecified atom stereocenters. The summed E-state index contributed by atoms with van der Waals surface area (Å²) in [5.41, 5.74) is 1.89. The largest absolute Gasteiger partial charge is 0.465 e. The molecule has 1 fully saturated rings. The lowest BCUT2D eigenvalue weighted by atomic mass is 10.1. The number of nitrogens with zero attached hydrogens (tertiary/aromatic N) is 3. The van der Waals surface area contributed by atoms with Gasteiger partial charge in [-0.25, -0.2) is 13.2 Å². The summed E-state index contributed by atoms with van der Waals surface area (Å²) in [6.07, 6.45) is 0. The number of thiophene rings is 1. The zero-order valence-electron chi connectivity index (χ0n) is 16.9. The predicted octanol–water partition coefficient (Wildman–Crippen LogP) is 2.72. The monoisotopic (exact) mass is 494 g/mol. The van der Waals surface area contributed by atoms with Gasteiger partial charge >= 0.3 is 5.97 Å². The summed E-state index contributed by atoms with van der Waals surface area (Å²) in [7, 11) is -2.52. The van der Waals surface area contributed by atoms with E-state index in [9.17, 15) is 18.0 Å². The van der Waals surface area contributed by atoms with Crippen molar-refractivity contribution in [2.75, 3.05) is 33.3 Å². The number of aromatic amines is 1. The molecule has 0 spiro atoms. The van der Waals surface area contributed by atoms with Gasteiger partial charge in [0.05, 0.1) is 18.4 Å². The van der Waals surface area contributed by atoms with Crippen LogP contribution in [0.4, 0.5) is 0 Å². The molecule has 3 aromatic rings. The van der Waals surface area contributed by atoms with Crippen LogP contribution in [0.25, 0.3) is 11.3 Å². The Kier molecular flexibility index (Phi) is 6.33. The molecular weight excluding hydrogens is 476 g/mol. The van der Waals surface area contributed by atoms with Gasteiger partial charge < -0.3 is 9.64 Å². The molecule has 4 rings (SSSR count). The van der Waals surface area contributed by atoms with Gasteiger partial charge in [-0.05, 0) is 24.3 Å². The molecule has 0 bridgehead atoms. The van der Waals surface area contributed by atoms with Crippen LogP contribution < -0.4 is 0 Å². The van der Waals surface area contributed by atoms with E-state index in [0.717, 1.165) is 16.9 Å². The van der Waals surface area contributed by atoms with Gasteiger partial charge in [-0.1, -0.05) is 23.7 Å². The van der Waals surface area contributed by atoms with Crippen LogP contribution in [0.1, 0.15) is 20.8 Å². The van der Waals surface area contributed by atoms with Gasteiger partial charge in [-0.15, -0.1) is 11.3 Å². The number of carbonyl (C=O) groups excluding carboxylic acids is 2. The zero-order chi connectivity index (χ0) is 22.9. The molecule has 1 aromatic carbocycles. The minimum atomic E-state index is -3.76. The molecule has 1 aliphatic rings. The highest BCUT2D eigenvalue weighted by atomic mass is 35.5. The molecular formula is C20H19ClN4O5S2. The SMILES string of the molecule is COC(=O)c1csc(S(=O)(=O)N2CCN(C(=O)c3cc(-c4cccc(Cl)c4)n[nH]3)CC2)c1. The fourth-order valence-electron chi connectivity index (χ4n) is 3.33. The Morgan fingerprint density at radius 2 is 1.91 bits per heavy atom. The quantitative estimate of drug-likeness (QED) is 0.546. The van der Waals surface area contributed by atoms with E-state index in [1.165, 1.54) is 22.9 Å². The van der Waals surface area contributed by atoms with Crippen LogP contribution in [0.15, 0.2) is 46.0 Å². The average Bonchev–Trinajstić information content (AvgIpc) is 3.49. The van der Waals surface area contributed by atoms with Crippen LogP contribution in [0, 0.1) is 0 Å². The molecule has 168 valence electrons. The molecule has 9 nitrogen and oxygen atoms in total. The molecule has 12 heteroatoms. The number of halogens is 1. The number of amides is 1. The third kappa shape index (κ3) is 4.42. The predicted molar refractivity (Wildman–Crippen MR) is 119 cm³/mol. The summed E-state index contributed by atoms with van der Waals surface area (Å²) >= 11 is 6.98. The molecule has 32 heavy (non-hydrogen) atoms. The topological polar surface area (TPSA) is 113 Å². The maximum Gasteiger partial charge on any atom is 0.338 e. The molecule has 1 amide bonds. The van der Waals surface area contributed by atoms with Gasteiger partial charge in [0.2, 0.25) is 0 Å². The van der Waals surface area contributed by atoms with Crippen molar-refractivity contribution in [1.82, 2.24) is 19.4 Å².